The molecule has 0 aliphatic rings. The molecule has 1 radical (unpaired) electrons. The van der Waals surface area contributed by atoms with Crippen LogP contribution in [0.15, 0.2) is 23.1 Å². The van der Waals surface area contributed by atoms with Gasteiger partial charge in [-0.3, -0.25) is 0 Å². The first-order valence-corrected chi connectivity index (χ1v) is 5.06. The summed E-state index contributed by atoms with van der Waals surface area (Å²) in [7, 11) is -3.54. The van der Waals surface area contributed by atoms with E-state index in [1.165, 1.54) is 6.07 Å². The van der Waals surface area contributed by atoms with E-state index < -0.39 is 10.0 Å². The standard InChI is InChI=1S/C8H11NO2S.Na/c1-6-3-4-8(5-7(6)2)12(9,10)11;/h3-5H,1-2H3,(H2,9,10,11);. The van der Waals surface area contributed by atoms with Gasteiger partial charge in [-0.25, -0.2) is 13.6 Å². The Morgan fingerprint density at radius 2 is 1.69 bits per heavy atom. The molecule has 0 atom stereocenters. The molecule has 0 heterocycles. The van der Waals surface area contributed by atoms with Gasteiger partial charge >= 0.3 is 0 Å². The Morgan fingerprint density at radius 3 is 2.08 bits per heavy atom. The summed E-state index contributed by atoms with van der Waals surface area (Å²) in [5.41, 5.74) is 1.99. The Balaban J connectivity index is 0.00000144. The number of primary sulfonamides is 1. The summed E-state index contributed by atoms with van der Waals surface area (Å²) in [6.45, 7) is 3.77. The van der Waals surface area contributed by atoms with Gasteiger partial charge in [0, 0.05) is 29.6 Å². The molecule has 0 saturated heterocycles. The van der Waals surface area contributed by atoms with Gasteiger partial charge in [-0.05, 0) is 37.1 Å². The molecular formula is C8H11NNaO2S. The molecule has 3 nitrogen and oxygen atoms in total. The van der Waals surface area contributed by atoms with Crippen LogP contribution in [0.5, 0.6) is 0 Å². The largest absolute Gasteiger partial charge is 0.238 e. The number of hydrogen-bond acceptors (Lipinski definition) is 2. The molecule has 2 N–H and O–H groups in total. The first-order valence-electron chi connectivity index (χ1n) is 3.51. The van der Waals surface area contributed by atoms with Gasteiger partial charge in [0.2, 0.25) is 10.0 Å². The van der Waals surface area contributed by atoms with E-state index in [2.05, 4.69) is 0 Å². The maximum atomic E-state index is 10.9. The Bertz CT molecular complexity index is 401. The maximum absolute atomic E-state index is 10.9. The van der Waals surface area contributed by atoms with Crippen molar-refractivity contribution in [3.8, 4) is 0 Å². The minimum Gasteiger partial charge on any atom is -0.225 e. The van der Waals surface area contributed by atoms with Crippen molar-refractivity contribution in [1.29, 1.82) is 0 Å². The SMILES string of the molecule is Cc1ccc(S(N)(=O)=O)cc1C.[Na]. The second kappa shape index (κ2) is 4.57. The monoisotopic (exact) mass is 208 g/mol. The summed E-state index contributed by atoms with van der Waals surface area (Å²) in [4.78, 5) is 0.172. The van der Waals surface area contributed by atoms with Gasteiger partial charge in [-0.2, -0.15) is 0 Å². The third-order valence-electron chi connectivity index (χ3n) is 1.81. The van der Waals surface area contributed by atoms with Crippen molar-refractivity contribution in [1.82, 2.24) is 0 Å². The van der Waals surface area contributed by atoms with E-state index in [9.17, 15) is 8.42 Å². The van der Waals surface area contributed by atoms with Crippen molar-refractivity contribution in [2.24, 2.45) is 5.14 Å². The average Bonchev–Trinajstić information content (AvgIpc) is 1.92. The third kappa shape index (κ3) is 3.40. The van der Waals surface area contributed by atoms with Crippen LogP contribution in [0, 0.1) is 13.8 Å². The van der Waals surface area contributed by atoms with Gasteiger partial charge in [0.25, 0.3) is 0 Å². The van der Waals surface area contributed by atoms with Gasteiger partial charge in [-0.15, -0.1) is 0 Å². The van der Waals surface area contributed by atoms with Crippen LogP contribution in [0.25, 0.3) is 0 Å². The van der Waals surface area contributed by atoms with E-state index in [0.29, 0.717) is 0 Å². The third-order valence-corrected chi connectivity index (χ3v) is 2.72. The Hall–Kier alpha value is 0.130. The number of sulfonamides is 1. The fourth-order valence-corrected chi connectivity index (χ4v) is 1.49. The van der Waals surface area contributed by atoms with E-state index in [1.54, 1.807) is 12.1 Å². The normalized spacial score (nSPS) is 10.7. The molecule has 5 heteroatoms. The summed E-state index contributed by atoms with van der Waals surface area (Å²) >= 11 is 0. The van der Waals surface area contributed by atoms with E-state index in [1.807, 2.05) is 13.8 Å². The van der Waals surface area contributed by atoms with E-state index >= 15 is 0 Å². The van der Waals surface area contributed by atoms with Crippen molar-refractivity contribution < 1.29 is 8.42 Å². The van der Waals surface area contributed by atoms with Crippen molar-refractivity contribution in [3.63, 3.8) is 0 Å². The van der Waals surface area contributed by atoms with Gasteiger partial charge in [0.1, 0.15) is 0 Å². The van der Waals surface area contributed by atoms with E-state index in [-0.39, 0.29) is 34.5 Å². The summed E-state index contributed by atoms with van der Waals surface area (Å²) in [5.74, 6) is 0. The summed E-state index contributed by atoms with van der Waals surface area (Å²) < 4.78 is 21.7. The first kappa shape index (κ1) is 13.1. The molecule has 0 amide bonds. The van der Waals surface area contributed by atoms with Crippen LogP contribution >= 0.6 is 0 Å². The minimum atomic E-state index is -3.54. The van der Waals surface area contributed by atoms with Crippen LogP contribution in [0.2, 0.25) is 0 Å². The Kier molecular flexibility index (Phi) is 4.62. The minimum absolute atomic E-state index is 0. The molecule has 0 aliphatic heterocycles. The predicted octanol–water partition coefficient (Wildman–Crippen LogP) is 0.570. The van der Waals surface area contributed by atoms with Crippen LogP contribution in [0.1, 0.15) is 11.1 Å². The topological polar surface area (TPSA) is 60.2 Å². The zero-order valence-electron chi connectivity index (χ0n) is 8.03. The second-order valence-corrected chi connectivity index (χ2v) is 4.35. The van der Waals surface area contributed by atoms with Crippen LogP contribution < -0.4 is 5.14 Å². The summed E-state index contributed by atoms with van der Waals surface area (Å²) in [6, 6.07) is 4.83. The number of rotatable bonds is 1. The smallest absolute Gasteiger partial charge is 0.225 e. The molecule has 1 aromatic rings. The van der Waals surface area contributed by atoms with Gasteiger partial charge in [-0.1, -0.05) is 6.07 Å². The fourth-order valence-electron chi connectivity index (χ4n) is 0.891. The molecule has 1 rings (SSSR count). The summed E-state index contributed by atoms with van der Waals surface area (Å²) in [6.07, 6.45) is 0. The first-order chi connectivity index (χ1) is 5.41. The van der Waals surface area contributed by atoms with Crippen molar-refractivity contribution in [3.05, 3.63) is 29.3 Å². The molecule has 1 aromatic carbocycles. The fraction of sp³-hybridized carbons (Fsp3) is 0.250. The molecule has 0 aromatic heterocycles. The second-order valence-electron chi connectivity index (χ2n) is 2.79. The maximum Gasteiger partial charge on any atom is 0.238 e. The number of benzene rings is 1. The average molecular weight is 208 g/mol. The molecule has 0 bridgehead atoms. The zero-order valence-corrected chi connectivity index (χ0v) is 10.9. The van der Waals surface area contributed by atoms with Crippen LogP contribution in [-0.4, -0.2) is 38.0 Å². The molecule has 0 fully saturated rings. The van der Waals surface area contributed by atoms with Gasteiger partial charge in [0.15, 0.2) is 0 Å². The molecule has 0 unspecified atom stereocenters. The quantitative estimate of drug-likeness (QED) is 0.686. The molecular weight excluding hydrogens is 197 g/mol. The van der Waals surface area contributed by atoms with Crippen LogP contribution in [-0.2, 0) is 10.0 Å². The van der Waals surface area contributed by atoms with Crippen molar-refractivity contribution in [2.75, 3.05) is 0 Å². The number of nitrogens with two attached hydrogens (primary N) is 1. The molecule has 0 aliphatic carbocycles. The van der Waals surface area contributed by atoms with Gasteiger partial charge < -0.3 is 0 Å². The van der Waals surface area contributed by atoms with Crippen LogP contribution in [0.3, 0.4) is 0 Å². The number of hydrogen-bond donors (Lipinski definition) is 1. The van der Waals surface area contributed by atoms with E-state index in [0.717, 1.165) is 11.1 Å². The van der Waals surface area contributed by atoms with E-state index in [4.69, 9.17) is 5.14 Å². The van der Waals surface area contributed by atoms with Crippen LogP contribution in [0.4, 0.5) is 0 Å². The van der Waals surface area contributed by atoms with Gasteiger partial charge in [0.05, 0.1) is 4.90 Å². The number of aryl methyl sites for hydroxylation is 2. The Labute approximate surface area is 101 Å². The molecule has 0 spiro atoms. The Morgan fingerprint density at radius 1 is 1.15 bits per heavy atom. The summed E-state index contributed by atoms with van der Waals surface area (Å²) in [5, 5.41) is 4.95. The molecule has 0 saturated carbocycles. The predicted molar refractivity (Wildman–Crippen MR) is 53.0 cm³/mol. The van der Waals surface area contributed by atoms with Crippen molar-refractivity contribution in [2.45, 2.75) is 18.7 Å². The molecule has 13 heavy (non-hydrogen) atoms. The van der Waals surface area contributed by atoms with Crippen molar-refractivity contribution >= 4 is 39.6 Å². The zero-order chi connectivity index (χ0) is 9.35. The molecule has 67 valence electrons.